The number of amides is 1. The number of furan rings is 1. The second kappa shape index (κ2) is 8.00. The van der Waals surface area contributed by atoms with Crippen molar-refractivity contribution in [3.63, 3.8) is 0 Å². The quantitative estimate of drug-likeness (QED) is 0.644. The van der Waals surface area contributed by atoms with Crippen LogP contribution in [0, 0.1) is 0 Å². The predicted octanol–water partition coefficient (Wildman–Crippen LogP) is 3.57. The fraction of sp³-hybridized carbons (Fsp3) is 0.190. The Balaban J connectivity index is 1.71. The molecule has 0 fully saturated rings. The average Bonchev–Trinajstić information content (AvgIpc) is 3.15. The van der Waals surface area contributed by atoms with Crippen molar-refractivity contribution in [2.45, 2.75) is 17.9 Å². The number of rotatable bonds is 6. The molecule has 28 heavy (non-hydrogen) atoms. The summed E-state index contributed by atoms with van der Waals surface area (Å²) < 4.78 is 31.6. The monoisotopic (exact) mass is 398 g/mol. The van der Waals surface area contributed by atoms with Gasteiger partial charge in [0.1, 0.15) is 11.3 Å². The number of carbonyl (C=O) groups excluding carboxylic acids is 1. The van der Waals surface area contributed by atoms with Crippen LogP contribution in [0.4, 0.5) is 0 Å². The molecule has 0 saturated heterocycles. The van der Waals surface area contributed by atoms with Gasteiger partial charge in [0.05, 0.1) is 10.9 Å². The van der Waals surface area contributed by atoms with Gasteiger partial charge in [-0.2, -0.15) is 0 Å². The Morgan fingerprint density at radius 3 is 2.46 bits per heavy atom. The molecule has 3 rings (SSSR count). The number of carbonyl (C=O) groups is 1. The molecular weight excluding hydrogens is 376 g/mol. The molecule has 3 aromatic rings. The molecule has 0 radical (unpaired) electrons. The fourth-order valence-electron chi connectivity index (χ4n) is 2.75. The van der Waals surface area contributed by atoms with Crippen LogP contribution in [-0.2, 0) is 14.8 Å². The molecule has 1 N–H and O–H groups in total. The zero-order valence-corrected chi connectivity index (χ0v) is 16.7. The minimum atomic E-state index is -3.47. The van der Waals surface area contributed by atoms with Crippen LogP contribution in [0.5, 0.6) is 0 Å². The Kier molecular flexibility index (Phi) is 5.67. The Labute approximate surface area is 164 Å². The average molecular weight is 398 g/mol. The summed E-state index contributed by atoms with van der Waals surface area (Å²) in [4.78, 5) is 14.3. The molecule has 1 aromatic heterocycles. The van der Waals surface area contributed by atoms with Crippen molar-refractivity contribution >= 4 is 33.0 Å². The maximum Gasteiger partial charge on any atom is 0.246 e. The number of fused-ring (bicyclic) bond motifs is 1. The highest BCUT2D eigenvalue weighted by molar-refractivity contribution is 7.89. The number of hydrogen-bond acceptors (Lipinski definition) is 4. The summed E-state index contributed by atoms with van der Waals surface area (Å²) in [6, 6.07) is 15.7. The van der Waals surface area contributed by atoms with Crippen molar-refractivity contribution in [2.75, 3.05) is 14.1 Å². The Morgan fingerprint density at radius 1 is 1.14 bits per heavy atom. The molecule has 7 heteroatoms. The van der Waals surface area contributed by atoms with E-state index in [0.717, 1.165) is 16.5 Å². The van der Waals surface area contributed by atoms with Gasteiger partial charge >= 0.3 is 0 Å². The van der Waals surface area contributed by atoms with Crippen LogP contribution in [0.15, 0.2) is 70.0 Å². The Hall–Kier alpha value is -2.90. The summed E-state index contributed by atoms with van der Waals surface area (Å²) >= 11 is 0. The van der Waals surface area contributed by atoms with Crippen molar-refractivity contribution in [3.05, 3.63) is 72.0 Å². The predicted molar refractivity (Wildman–Crippen MR) is 109 cm³/mol. The van der Waals surface area contributed by atoms with E-state index >= 15 is 0 Å². The van der Waals surface area contributed by atoms with Gasteiger partial charge in [-0.25, -0.2) is 13.1 Å². The Morgan fingerprint density at radius 2 is 1.82 bits per heavy atom. The molecular formula is C21H22N2O4S. The van der Waals surface area contributed by atoms with Gasteiger partial charge in [0.2, 0.25) is 15.9 Å². The number of nitrogens with one attached hydrogen (secondary N) is 1. The highest BCUT2D eigenvalue weighted by Gasteiger charge is 2.19. The molecule has 0 saturated carbocycles. The van der Waals surface area contributed by atoms with Gasteiger partial charge in [-0.3, -0.25) is 4.79 Å². The third-order valence-electron chi connectivity index (χ3n) is 4.66. The van der Waals surface area contributed by atoms with E-state index in [9.17, 15) is 13.2 Å². The van der Waals surface area contributed by atoms with Gasteiger partial charge in [0.25, 0.3) is 0 Å². The summed E-state index contributed by atoms with van der Waals surface area (Å²) in [5.74, 6) is 0.534. The third kappa shape index (κ3) is 4.16. The zero-order chi connectivity index (χ0) is 20.3. The normalized spacial score (nSPS) is 13.1. The number of hydrogen-bond donors (Lipinski definition) is 1. The van der Waals surface area contributed by atoms with Crippen molar-refractivity contribution in [3.8, 4) is 0 Å². The van der Waals surface area contributed by atoms with Gasteiger partial charge in [0, 0.05) is 18.5 Å². The van der Waals surface area contributed by atoms with Gasteiger partial charge in [-0.1, -0.05) is 30.3 Å². The molecule has 1 unspecified atom stereocenters. The van der Waals surface area contributed by atoms with Gasteiger partial charge in [-0.05, 0) is 49.9 Å². The molecule has 6 nitrogen and oxygen atoms in total. The van der Waals surface area contributed by atoms with E-state index in [1.165, 1.54) is 25.3 Å². The topological polar surface area (TPSA) is 79.6 Å². The highest BCUT2D eigenvalue weighted by atomic mass is 32.2. The summed E-state index contributed by atoms with van der Waals surface area (Å²) in [7, 11) is -0.395. The summed E-state index contributed by atoms with van der Waals surface area (Å²) in [5, 5.41) is 0.998. The van der Waals surface area contributed by atoms with Crippen LogP contribution >= 0.6 is 0 Å². The number of benzene rings is 2. The standard InChI is InChI=1S/C21H22N2O4S/c1-15(20-14-17-6-4-5-7-19(17)27-20)23(3)21(24)13-10-16-8-11-18(12-9-16)28(25,26)22-2/h4-15,22H,1-3H3/b13-10+. The van der Waals surface area contributed by atoms with Gasteiger partial charge in [0.15, 0.2) is 0 Å². The lowest BCUT2D eigenvalue weighted by Gasteiger charge is -2.21. The minimum absolute atomic E-state index is 0.175. The van der Waals surface area contributed by atoms with E-state index in [4.69, 9.17) is 4.42 Å². The van der Waals surface area contributed by atoms with Gasteiger partial charge in [-0.15, -0.1) is 0 Å². The molecule has 0 aliphatic rings. The van der Waals surface area contributed by atoms with E-state index < -0.39 is 10.0 Å². The summed E-state index contributed by atoms with van der Waals surface area (Å²) in [6.07, 6.45) is 3.11. The molecule has 0 bridgehead atoms. The first-order valence-corrected chi connectivity index (χ1v) is 10.3. The molecule has 0 aliphatic heterocycles. The SMILES string of the molecule is CNS(=O)(=O)c1ccc(/C=C/C(=O)N(C)C(C)c2cc3ccccc3o2)cc1. The minimum Gasteiger partial charge on any atom is -0.459 e. The lowest BCUT2D eigenvalue weighted by atomic mass is 10.2. The van der Waals surface area contributed by atoms with Crippen molar-refractivity contribution < 1.29 is 17.6 Å². The fourth-order valence-corrected chi connectivity index (χ4v) is 3.48. The van der Waals surface area contributed by atoms with E-state index in [-0.39, 0.29) is 16.8 Å². The molecule has 0 aliphatic carbocycles. The molecule has 1 atom stereocenters. The third-order valence-corrected chi connectivity index (χ3v) is 6.09. The van der Waals surface area contributed by atoms with Crippen LogP contribution in [0.3, 0.4) is 0 Å². The largest absolute Gasteiger partial charge is 0.459 e. The highest BCUT2D eigenvalue weighted by Crippen LogP contribution is 2.26. The van der Waals surface area contributed by atoms with Crippen molar-refractivity contribution in [2.24, 2.45) is 0 Å². The molecule has 0 spiro atoms. The van der Waals surface area contributed by atoms with Crippen molar-refractivity contribution in [1.29, 1.82) is 0 Å². The van der Waals surface area contributed by atoms with Crippen LogP contribution in [-0.4, -0.2) is 33.3 Å². The lowest BCUT2D eigenvalue weighted by molar-refractivity contribution is -0.126. The van der Waals surface area contributed by atoms with E-state index in [2.05, 4.69) is 4.72 Å². The van der Waals surface area contributed by atoms with E-state index in [0.29, 0.717) is 5.76 Å². The van der Waals surface area contributed by atoms with Crippen LogP contribution < -0.4 is 4.72 Å². The van der Waals surface area contributed by atoms with Crippen LogP contribution in [0.2, 0.25) is 0 Å². The maximum atomic E-state index is 12.5. The number of para-hydroxylation sites is 1. The van der Waals surface area contributed by atoms with E-state index in [1.807, 2.05) is 37.3 Å². The lowest BCUT2D eigenvalue weighted by Crippen LogP contribution is -2.27. The van der Waals surface area contributed by atoms with Crippen molar-refractivity contribution in [1.82, 2.24) is 9.62 Å². The molecule has 2 aromatic carbocycles. The second-order valence-electron chi connectivity index (χ2n) is 6.42. The first kappa shape index (κ1) is 19.9. The maximum absolute atomic E-state index is 12.5. The first-order chi connectivity index (χ1) is 13.3. The summed E-state index contributed by atoms with van der Waals surface area (Å²) in [6.45, 7) is 1.90. The number of likely N-dealkylation sites (N-methyl/N-ethyl adjacent to an activating group) is 1. The molecule has 1 amide bonds. The van der Waals surface area contributed by atoms with Crippen LogP contribution in [0.1, 0.15) is 24.3 Å². The second-order valence-corrected chi connectivity index (χ2v) is 8.31. The smallest absolute Gasteiger partial charge is 0.246 e. The van der Waals surface area contributed by atoms with E-state index in [1.54, 1.807) is 30.2 Å². The Bertz CT molecular complexity index is 1080. The molecule has 1 heterocycles. The van der Waals surface area contributed by atoms with Gasteiger partial charge < -0.3 is 9.32 Å². The number of nitrogens with zero attached hydrogens (tertiary/aromatic N) is 1. The van der Waals surface area contributed by atoms with Crippen LogP contribution in [0.25, 0.3) is 17.0 Å². The first-order valence-electron chi connectivity index (χ1n) is 8.79. The summed E-state index contributed by atoms with van der Waals surface area (Å²) in [5.41, 5.74) is 1.52. The molecule has 146 valence electrons. The number of sulfonamides is 1. The zero-order valence-electron chi connectivity index (χ0n) is 15.9.